The van der Waals surface area contributed by atoms with Gasteiger partial charge in [0.1, 0.15) is 11.4 Å². The predicted molar refractivity (Wildman–Crippen MR) is 136 cm³/mol. The number of ether oxygens (including phenoxy) is 2. The average Bonchev–Trinajstić information content (AvgIpc) is 3.65. The van der Waals surface area contributed by atoms with E-state index in [9.17, 15) is 0 Å². The highest BCUT2D eigenvalue weighted by Gasteiger charge is 2.30. The summed E-state index contributed by atoms with van der Waals surface area (Å²) in [6.07, 6.45) is 6.69. The van der Waals surface area contributed by atoms with Crippen LogP contribution in [0.1, 0.15) is 24.0 Å². The average molecular weight is 456 g/mol. The first kappa shape index (κ1) is 21.2. The largest absolute Gasteiger partial charge is 0.491 e. The molecule has 3 aromatic rings. The monoisotopic (exact) mass is 455 g/mol. The van der Waals surface area contributed by atoms with Gasteiger partial charge in [0.25, 0.3) is 0 Å². The molecule has 6 heteroatoms. The van der Waals surface area contributed by atoms with Crippen molar-refractivity contribution in [3.8, 4) is 16.9 Å². The van der Waals surface area contributed by atoms with Gasteiger partial charge in [0.15, 0.2) is 0 Å². The van der Waals surface area contributed by atoms with Crippen LogP contribution in [0.5, 0.6) is 5.75 Å². The molecule has 6 rings (SSSR count). The van der Waals surface area contributed by atoms with E-state index in [0.717, 1.165) is 61.2 Å². The molecule has 3 aliphatic rings. The van der Waals surface area contributed by atoms with Crippen molar-refractivity contribution in [3.05, 3.63) is 65.9 Å². The molecule has 0 amide bonds. The Morgan fingerprint density at radius 1 is 1.06 bits per heavy atom. The van der Waals surface area contributed by atoms with Crippen LogP contribution in [-0.2, 0) is 4.74 Å². The molecule has 3 N–H and O–H groups in total. The molecule has 1 saturated carbocycles. The molecule has 1 atom stereocenters. The number of nitrogen functional groups attached to an aromatic ring is 1. The minimum absolute atomic E-state index is 0.685. The third kappa shape index (κ3) is 4.04. The summed E-state index contributed by atoms with van der Waals surface area (Å²) in [6, 6.07) is 17.1. The first-order valence-corrected chi connectivity index (χ1v) is 12.2. The van der Waals surface area contributed by atoms with Gasteiger partial charge >= 0.3 is 0 Å². The zero-order valence-electron chi connectivity index (χ0n) is 19.6. The molecular weight excluding hydrogens is 424 g/mol. The van der Waals surface area contributed by atoms with E-state index in [1.807, 2.05) is 18.3 Å². The normalized spacial score (nSPS) is 19.6. The van der Waals surface area contributed by atoms with Gasteiger partial charge in [-0.1, -0.05) is 6.07 Å². The first-order valence-electron chi connectivity index (χ1n) is 12.2. The van der Waals surface area contributed by atoms with Gasteiger partial charge in [-0.2, -0.15) is 0 Å². The molecule has 2 aliphatic heterocycles. The summed E-state index contributed by atoms with van der Waals surface area (Å²) in [5, 5.41) is 0. The van der Waals surface area contributed by atoms with E-state index in [4.69, 9.17) is 20.2 Å². The summed E-state index contributed by atoms with van der Waals surface area (Å²) in [6.45, 7) is 4.24. The highest BCUT2D eigenvalue weighted by atomic mass is 16.5. The number of anilines is 2. The second-order valence-corrected chi connectivity index (χ2v) is 9.46. The maximum Gasteiger partial charge on any atom is 0.238 e. The van der Waals surface area contributed by atoms with Crippen molar-refractivity contribution in [2.75, 3.05) is 50.6 Å². The zero-order chi connectivity index (χ0) is 23.1. The maximum absolute atomic E-state index is 6.36. The standard InChI is InChI=1S/C28H30N4O2/c1-31-26(20-4-7-22(8-5-20)32-12-14-33-15-13-32)17-24-23(10-11-30-28(24)31)21-6-9-27(25(29)16-21)34-18-19-2-3-19/h4-11,16-17,19H,2-3,12-15,18,29H2,1H3/p+1. The minimum atomic E-state index is 0.685. The number of fused-ring (bicyclic) bond motifs is 1. The van der Waals surface area contributed by atoms with Crippen molar-refractivity contribution in [1.82, 2.24) is 4.98 Å². The summed E-state index contributed by atoms with van der Waals surface area (Å²) in [7, 11) is 2.16. The zero-order valence-corrected chi connectivity index (χ0v) is 19.6. The minimum Gasteiger partial charge on any atom is -0.491 e. The van der Waals surface area contributed by atoms with Crippen LogP contribution in [0.3, 0.4) is 0 Å². The van der Waals surface area contributed by atoms with Crippen LogP contribution in [0, 0.1) is 5.92 Å². The summed E-state index contributed by atoms with van der Waals surface area (Å²) in [5.41, 5.74) is 14.1. The first-order chi connectivity index (χ1) is 16.7. The van der Waals surface area contributed by atoms with Gasteiger partial charge in [-0.05, 0) is 72.4 Å². The van der Waals surface area contributed by atoms with Crippen molar-refractivity contribution in [3.63, 3.8) is 0 Å². The third-order valence-corrected chi connectivity index (χ3v) is 7.08. The van der Waals surface area contributed by atoms with Gasteiger partial charge in [0, 0.05) is 36.6 Å². The number of aromatic nitrogens is 1. The van der Waals surface area contributed by atoms with Gasteiger partial charge in [0.05, 0.1) is 38.1 Å². The molecule has 1 unspecified atom stereocenters. The maximum atomic E-state index is 6.36. The lowest BCUT2D eigenvalue weighted by molar-refractivity contribution is -0.726. The van der Waals surface area contributed by atoms with E-state index >= 15 is 0 Å². The Bertz CT molecular complexity index is 1230. The Morgan fingerprint density at radius 2 is 1.82 bits per heavy atom. The Morgan fingerprint density at radius 3 is 2.56 bits per heavy atom. The van der Waals surface area contributed by atoms with Crippen LogP contribution >= 0.6 is 0 Å². The van der Waals surface area contributed by atoms with Crippen LogP contribution in [0.15, 0.2) is 54.7 Å². The van der Waals surface area contributed by atoms with E-state index in [2.05, 4.69) is 54.4 Å². The molecule has 0 bridgehead atoms. The molecule has 174 valence electrons. The van der Waals surface area contributed by atoms with Gasteiger partial charge < -0.3 is 20.1 Å². The predicted octanol–water partition coefficient (Wildman–Crippen LogP) is 3.61. The summed E-state index contributed by atoms with van der Waals surface area (Å²) < 4.78 is 11.4. The fourth-order valence-corrected chi connectivity index (χ4v) is 4.86. The van der Waals surface area contributed by atoms with Crippen molar-refractivity contribution in [2.45, 2.75) is 12.8 Å². The van der Waals surface area contributed by atoms with Crippen molar-refractivity contribution < 1.29 is 14.4 Å². The molecule has 1 saturated heterocycles. The molecule has 2 aromatic carbocycles. The Balaban J connectivity index is 1.28. The topological polar surface area (TPSA) is 65.0 Å². The lowest BCUT2D eigenvalue weighted by Crippen LogP contribution is -3.00. The molecule has 34 heavy (non-hydrogen) atoms. The number of hydrogen-bond acceptors (Lipinski definition) is 5. The van der Waals surface area contributed by atoms with Crippen molar-refractivity contribution in [1.29, 1.82) is 0 Å². The van der Waals surface area contributed by atoms with Crippen molar-refractivity contribution >= 4 is 29.0 Å². The Labute approximate surface area is 200 Å². The number of nitrogens with two attached hydrogens (primary N) is 1. The Hall–Kier alpha value is -3.35. The number of nitrogens with one attached hydrogen (secondary N) is 1. The number of pyridine rings is 1. The van der Waals surface area contributed by atoms with E-state index in [-0.39, 0.29) is 0 Å². The lowest BCUT2D eigenvalue weighted by atomic mass is 10.00. The second-order valence-electron chi connectivity index (χ2n) is 9.46. The summed E-state index contributed by atoms with van der Waals surface area (Å²) in [5.74, 6) is 2.52. The molecular formula is C28H31N4O2+. The van der Waals surface area contributed by atoms with Crippen LogP contribution in [0.25, 0.3) is 22.9 Å². The fourth-order valence-electron chi connectivity index (χ4n) is 4.86. The van der Waals surface area contributed by atoms with Crippen LogP contribution in [0.2, 0.25) is 0 Å². The molecule has 0 radical (unpaired) electrons. The van der Waals surface area contributed by atoms with Crippen LogP contribution < -0.4 is 20.3 Å². The summed E-state index contributed by atoms with van der Waals surface area (Å²) >= 11 is 0. The van der Waals surface area contributed by atoms with E-state index < -0.39 is 0 Å². The number of rotatable bonds is 6. The number of nitrogens with zero attached hydrogens (tertiary/aromatic N) is 2. The smallest absolute Gasteiger partial charge is 0.238 e. The SMILES string of the molecule is C[NH+]1C(c2ccc(N3CCOCC3)cc2)=Cc2c(-c3ccc(OCC4CC4)c(N)c3)ccnc21. The molecule has 6 nitrogen and oxygen atoms in total. The fraction of sp³-hybridized carbons (Fsp3) is 0.321. The number of benzene rings is 2. The molecule has 1 aromatic heterocycles. The van der Waals surface area contributed by atoms with E-state index in [1.54, 1.807) is 0 Å². The quantitative estimate of drug-likeness (QED) is 0.556. The molecule has 0 spiro atoms. The van der Waals surface area contributed by atoms with Gasteiger partial charge in [0.2, 0.25) is 5.82 Å². The van der Waals surface area contributed by atoms with Crippen LogP contribution in [0.4, 0.5) is 17.2 Å². The molecule has 2 fully saturated rings. The second kappa shape index (κ2) is 8.78. The number of quaternary nitrogens is 1. The highest BCUT2D eigenvalue weighted by molar-refractivity contribution is 5.91. The molecule has 1 aliphatic carbocycles. The lowest BCUT2D eigenvalue weighted by Gasteiger charge is -2.29. The van der Waals surface area contributed by atoms with Gasteiger partial charge in [-0.15, -0.1) is 0 Å². The molecule has 3 heterocycles. The highest BCUT2D eigenvalue weighted by Crippen LogP contribution is 2.37. The van der Waals surface area contributed by atoms with Gasteiger partial charge in [-0.3, -0.25) is 4.90 Å². The van der Waals surface area contributed by atoms with E-state index in [0.29, 0.717) is 11.6 Å². The third-order valence-electron chi connectivity index (χ3n) is 7.08. The number of morpholine rings is 1. The number of hydrogen-bond donors (Lipinski definition) is 2. The summed E-state index contributed by atoms with van der Waals surface area (Å²) in [4.78, 5) is 8.30. The van der Waals surface area contributed by atoms with Gasteiger partial charge in [-0.25, -0.2) is 4.98 Å². The van der Waals surface area contributed by atoms with E-state index in [1.165, 1.54) is 34.7 Å². The van der Waals surface area contributed by atoms with Crippen LogP contribution in [-0.4, -0.2) is 44.9 Å². The Kier molecular flexibility index (Phi) is 5.47. The van der Waals surface area contributed by atoms with Crippen molar-refractivity contribution in [2.24, 2.45) is 5.92 Å².